The molecular weight excluding hydrogens is 180 g/mol. The predicted octanol–water partition coefficient (Wildman–Crippen LogP) is 0.550. The number of amides is 1. The Bertz CT molecular complexity index is 193. The number of hydrogen-bond acceptors (Lipinski definition) is 3. The first-order chi connectivity index (χ1) is 6.66. The first kappa shape index (κ1) is 13.1. The summed E-state index contributed by atoms with van der Waals surface area (Å²) in [6.45, 7) is 6.31. The Labute approximate surface area is 85.4 Å². The highest BCUT2D eigenvalue weighted by molar-refractivity contribution is 5.84. The number of carbonyl (C=O) groups is 2. The van der Waals surface area contributed by atoms with Gasteiger partial charge in [-0.25, -0.2) is 0 Å². The maximum Gasteiger partial charge on any atom is 0.239 e. The van der Waals surface area contributed by atoms with Crippen molar-refractivity contribution in [1.82, 2.24) is 4.90 Å². The average molecular weight is 200 g/mol. The van der Waals surface area contributed by atoms with Gasteiger partial charge in [-0.05, 0) is 19.8 Å². The summed E-state index contributed by atoms with van der Waals surface area (Å²) in [5.41, 5.74) is 5.43. The van der Waals surface area contributed by atoms with E-state index >= 15 is 0 Å². The number of nitrogens with two attached hydrogens (primary N) is 1. The molecule has 0 spiro atoms. The van der Waals surface area contributed by atoms with E-state index in [2.05, 4.69) is 0 Å². The van der Waals surface area contributed by atoms with E-state index in [4.69, 9.17) is 5.73 Å². The zero-order valence-electron chi connectivity index (χ0n) is 9.19. The summed E-state index contributed by atoms with van der Waals surface area (Å²) in [5, 5.41) is 0. The van der Waals surface area contributed by atoms with Crippen LogP contribution < -0.4 is 5.73 Å². The van der Waals surface area contributed by atoms with E-state index in [0.29, 0.717) is 6.54 Å². The number of aldehydes is 1. The summed E-state index contributed by atoms with van der Waals surface area (Å²) in [6, 6.07) is -0.728. The molecule has 0 aromatic rings. The van der Waals surface area contributed by atoms with Crippen molar-refractivity contribution in [3.8, 4) is 0 Å². The Hall–Kier alpha value is -0.900. The van der Waals surface area contributed by atoms with E-state index in [1.54, 1.807) is 11.8 Å². The molecule has 0 radical (unpaired) electrons. The molecule has 4 heteroatoms. The van der Waals surface area contributed by atoms with Gasteiger partial charge < -0.3 is 15.4 Å². The first-order valence-corrected chi connectivity index (χ1v) is 5.18. The van der Waals surface area contributed by atoms with Crippen molar-refractivity contribution in [3.05, 3.63) is 0 Å². The fraction of sp³-hybridized carbons (Fsp3) is 0.800. The van der Waals surface area contributed by atoms with Crippen LogP contribution in [0.15, 0.2) is 0 Å². The second kappa shape index (κ2) is 6.54. The quantitative estimate of drug-likeness (QED) is 0.662. The van der Waals surface area contributed by atoms with Crippen LogP contribution in [-0.4, -0.2) is 35.7 Å². The van der Waals surface area contributed by atoms with Gasteiger partial charge in [0.1, 0.15) is 6.29 Å². The Morgan fingerprint density at radius 2 is 2.14 bits per heavy atom. The summed E-state index contributed by atoms with van der Waals surface area (Å²) in [4.78, 5) is 23.4. The van der Waals surface area contributed by atoms with Crippen LogP contribution in [0.1, 0.15) is 33.6 Å². The second-order valence-corrected chi connectivity index (χ2v) is 3.17. The van der Waals surface area contributed by atoms with E-state index in [1.165, 1.54) is 0 Å². The summed E-state index contributed by atoms with van der Waals surface area (Å²) in [6.07, 6.45) is 2.51. The molecule has 82 valence electrons. The molecule has 2 atom stereocenters. The highest BCUT2D eigenvalue weighted by Gasteiger charge is 2.29. The lowest BCUT2D eigenvalue weighted by Gasteiger charge is -2.22. The summed E-state index contributed by atoms with van der Waals surface area (Å²) in [5.74, 6) is -0.121. The molecule has 14 heavy (non-hydrogen) atoms. The van der Waals surface area contributed by atoms with Gasteiger partial charge in [0, 0.05) is 6.54 Å². The molecule has 0 aromatic carbocycles. The molecule has 4 nitrogen and oxygen atoms in total. The smallest absolute Gasteiger partial charge is 0.239 e. The Morgan fingerprint density at radius 3 is 2.57 bits per heavy atom. The van der Waals surface area contributed by atoms with Gasteiger partial charge in [0.25, 0.3) is 0 Å². The van der Waals surface area contributed by atoms with Gasteiger partial charge in [-0.3, -0.25) is 4.79 Å². The normalized spacial score (nSPS) is 22.3. The second-order valence-electron chi connectivity index (χ2n) is 3.17. The maximum absolute atomic E-state index is 11.4. The Morgan fingerprint density at radius 1 is 1.57 bits per heavy atom. The number of nitrogens with zero attached hydrogens (tertiary/aromatic N) is 1. The topological polar surface area (TPSA) is 63.4 Å². The number of rotatable bonds is 2. The molecule has 1 rings (SSSR count). The molecule has 1 aliphatic rings. The minimum Gasteiger partial charge on any atom is -0.332 e. The Balaban J connectivity index is 0.000000791. The van der Waals surface area contributed by atoms with Crippen molar-refractivity contribution >= 4 is 12.2 Å². The standard InChI is InChI=1S/C8H14N2O2.C2H6/c1-6(9)8(12)10-4-2-3-7(10)5-11;1-2/h5-7H,2-4,9H2,1H3;1-2H3. The molecule has 1 amide bonds. The fourth-order valence-corrected chi connectivity index (χ4v) is 1.47. The van der Waals surface area contributed by atoms with Crippen LogP contribution in [0.2, 0.25) is 0 Å². The molecule has 0 aromatic heterocycles. The zero-order valence-corrected chi connectivity index (χ0v) is 9.19. The summed E-state index contributed by atoms with van der Waals surface area (Å²) in [7, 11) is 0. The molecule has 1 heterocycles. The lowest BCUT2D eigenvalue weighted by Crippen LogP contribution is -2.45. The molecule has 1 aliphatic heterocycles. The lowest BCUT2D eigenvalue weighted by atomic mass is 10.2. The van der Waals surface area contributed by atoms with Crippen molar-refractivity contribution in [2.45, 2.75) is 45.7 Å². The van der Waals surface area contributed by atoms with Crippen LogP contribution in [0.5, 0.6) is 0 Å². The zero-order chi connectivity index (χ0) is 11.1. The molecule has 0 aliphatic carbocycles. The van der Waals surface area contributed by atoms with E-state index in [0.717, 1.165) is 19.1 Å². The van der Waals surface area contributed by atoms with Gasteiger partial charge in [-0.1, -0.05) is 13.8 Å². The molecule has 1 fully saturated rings. The molecule has 0 saturated carbocycles. The first-order valence-electron chi connectivity index (χ1n) is 5.18. The lowest BCUT2D eigenvalue weighted by molar-refractivity contribution is -0.135. The van der Waals surface area contributed by atoms with E-state index in [-0.39, 0.29) is 11.9 Å². The number of carbonyl (C=O) groups excluding carboxylic acids is 2. The highest BCUT2D eigenvalue weighted by atomic mass is 16.2. The van der Waals surface area contributed by atoms with Gasteiger partial charge in [-0.2, -0.15) is 0 Å². The number of likely N-dealkylation sites (tertiary alicyclic amines) is 1. The minimum atomic E-state index is -0.495. The third-order valence-corrected chi connectivity index (χ3v) is 2.13. The predicted molar refractivity (Wildman–Crippen MR) is 55.8 cm³/mol. The molecule has 2 unspecified atom stereocenters. The monoisotopic (exact) mass is 200 g/mol. The molecule has 0 bridgehead atoms. The van der Waals surface area contributed by atoms with Crippen molar-refractivity contribution < 1.29 is 9.59 Å². The van der Waals surface area contributed by atoms with E-state index < -0.39 is 6.04 Å². The fourth-order valence-electron chi connectivity index (χ4n) is 1.47. The van der Waals surface area contributed by atoms with Crippen molar-refractivity contribution in [1.29, 1.82) is 0 Å². The van der Waals surface area contributed by atoms with Crippen molar-refractivity contribution in [3.63, 3.8) is 0 Å². The SMILES string of the molecule is CC.CC(N)C(=O)N1CCCC1C=O. The third-order valence-electron chi connectivity index (χ3n) is 2.13. The largest absolute Gasteiger partial charge is 0.332 e. The molecule has 2 N–H and O–H groups in total. The van der Waals surface area contributed by atoms with Crippen molar-refractivity contribution in [2.24, 2.45) is 5.73 Å². The highest BCUT2D eigenvalue weighted by Crippen LogP contribution is 2.15. The van der Waals surface area contributed by atoms with E-state index in [9.17, 15) is 9.59 Å². The van der Waals surface area contributed by atoms with Crippen LogP contribution in [0.25, 0.3) is 0 Å². The van der Waals surface area contributed by atoms with Gasteiger partial charge >= 0.3 is 0 Å². The van der Waals surface area contributed by atoms with Crippen LogP contribution in [0, 0.1) is 0 Å². The van der Waals surface area contributed by atoms with Crippen LogP contribution in [0.3, 0.4) is 0 Å². The van der Waals surface area contributed by atoms with Gasteiger partial charge in [0.15, 0.2) is 0 Å². The average Bonchev–Trinajstić information content (AvgIpc) is 2.67. The summed E-state index contributed by atoms with van der Waals surface area (Å²) >= 11 is 0. The molecule has 1 saturated heterocycles. The third kappa shape index (κ3) is 3.10. The van der Waals surface area contributed by atoms with Gasteiger partial charge in [-0.15, -0.1) is 0 Å². The van der Waals surface area contributed by atoms with Crippen LogP contribution >= 0.6 is 0 Å². The van der Waals surface area contributed by atoms with Gasteiger partial charge in [0.05, 0.1) is 12.1 Å². The minimum absolute atomic E-state index is 0.121. The van der Waals surface area contributed by atoms with Crippen LogP contribution in [-0.2, 0) is 9.59 Å². The van der Waals surface area contributed by atoms with Crippen molar-refractivity contribution in [2.75, 3.05) is 6.54 Å². The molecular formula is C10H20N2O2. The van der Waals surface area contributed by atoms with Gasteiger partial charge in [0.2, 0.25) is 5.91 Å². The number of hydrogen-bond donors (Lipinski definition) is 1. The van der Waals surface area contributed by atoms with Crippen LogP contribution in [0.4, 0.5) is 0 Å². The van der Waals surface area contributed by atoms with E-state index in [1.807, 2.05) is 13.8 Å². The maximum atomic E-state index is 11.4. The summed E-state index contributed by atoms with van der Waals surface area (Å²) < 4.78 is 0. The Kier molecular flexibility index (Phi) is 6.12.